The molecule has 0 fully saturated rings. The van der Waals surface area contributed by atoms with Crippen LogP contribution in [0.1, 0.15) is 11.4 Å². The molecule has 0 aliphatic heterocycles. The summed E-state index contributed by atoms with van der Waals surface area (Å²) in [6.07, 6.45) is 4.72. The van der Waals surface area contributed by atoms with Gasteiger partial charge in [-0.2, -0.15) is 0 Å². The Morgan fingerprint density at radius 3 is 2.71 bits per heavy atom. The summed E-state index contributed by atoms with van der Waals surface area (Å²) in [5.74, 6) is -0.117. The zero-order valence-corrected chi connectivity index (χ0v) is 9.90. The van der Waals surface area contributed by atoms with Crippen molar-refractivity contribution in [3.63, 3.8) is 0 Å². The fourth-order valence-corrected chi connectivity index (χ4v) is 2.00. The zero-order chi connectivity index (χ0) is 12.3. The van der Waals surface area contributed by atoms with E-state index in [0.717, 1.165) is 5.69 Å². The quantitative estimate of drug-likeness (QED) is 0.476. The summed E-state index contributed by atoms with van der Waals surface area (Å²) >= 11 is 1.24. The van der Waals surface area contributed by atoms with E-state index in [1.165, 1.54) is 18.0 Å². The second kappa shape index (κ2) is 4.88. The van der Waals surface area contributed by atoms with Crippen LogP contribution in [0.3, 0.4) is 0 Å². The first-order valence-electron chi connectivity index (χ1n) is 4.79. The molecule has 7 heteroatoms. The van der Waals surface area contributed by atoms with E-state index in [9.17, 15) is 0 Å². The molecule has 86 valence electrons. The predicted molar refractivity (Wildman–Crippen MR) is 63.9 cm³/mol. The highest BCUT2D eigenvalue weighted by molar-refractivity contribution is 7.99. The van der Waals surface area contributed by atoms with Gasteiger partial charge in [0, 0.05) is 24.3 Å². The number of aromatic nitrogens is 4. The molecule has 0 saturated carbocycles. The van der Waals surface area contributed by atoms with Gasteiger partial charge < -0.3 is 5.73 Å². The van der Waals surface area contributed by atoms with Crippen LogP contribution >= 0.6 is 11.8 Å². The summed E-state index contributed by atoms with van der Waals surface area (Å²) in [4.78, 5) is 16.5. The van der Waals surface area contributed by atoms with Crippen molar-refractivity contribution >= 4 is 17.6 Å². The highest BCUT2D eigenvalue weighted by Crippen LogP contribution is 2.24. The zero-order valence-electron chi connectivity index (χ0n) is 9.08. The molecule has 0 aliphatic rings. The molecular weight excluding hydrogens is 236 g/mol. The highest BCUT2D eigenvalue weighted by atomic mass is 32.2. The Bertz CT molecular complexity index is 556. The highest BCUT2D eigenvalue weighted by Gasteiger charge is 2.11. The van der Waals surface area contributed by atoms with Crippen LogP contribution in [-0.2, 0) is 0 Å². The van der Waals surface area contributed by atoms with Crippen LogP contribution in [0.25, 0.3) is 0 Å². The van der Waals surface area contributed by atoms with Gasteiger partial charge in [0.15, 0.2) is 5.16 Å². The number of hydrogen-bond acceptors (Lipinski definition) is 6. The van der Waals surface area contributed by atoms with Gasteiger partial charge in [-0.1, -0.05) is 0 Å². The van der Waals surface area contributed by atoms with Crippen LogP contribution in [0, 0.1) is 12.3 Å². The standard InChI is InChI=1S/C10H10N6S/c1-6-2-3-15-10(16-6)17-9-7(8(11)12)13-4-5-14-9/h2-5H,1H3,(H3,11,12). The summed E-state index contributed by atoms with van der Waals surface area (Å²) in [6, 6.07) is 1.81. The van der Waals surface area contributed by atoms with Gasteiger partial charge in [0.05, 0.1) is 0 Å². The van der Waals surface area contributed by atoms with Crippen molar-refractivity contribution in [3.8, 4) is 0 Å². The van der Waals surface area contributed by atoms with Crippen LogP contribution in [0.15, 0.2) is 34.8 Å². The lowest BCUT2D eigenvalue weighted by molar-refractivity contribution is 0.923. The molecule has 0 unspecified atom stereocenters. The molecule has 2 aromatic heterocycles. The van der Waals surface area contributed by atoms with Crippen LogP contribution < -0.4 is 5.73 Å². The van der Waals surface area contributed by atoms with Crippen molar-refractivity contribution in [2.24, 2.45) is 5.73 Å². The molecule has 2 rings (SSSR count). The number of nitrogen functional groups attached to an aromatic ring is 1. The minimum absolute atomic E-state index is 0.117. The minimum atomic E-state index is -0.117. The average Bonchev–Trinajstić information content (AvgIpc) is 2.29. The Kier molecular flexibility index (Phi) is 3.29. The number of hydrogen-bond donors (Lipinski definition) is 2. The van der Waals surface area contributed by atoms with Crippen LogP contribution in [0.5, 0.6) is 0 Å². The average molecular weight is 246 g/mol. The Morgan fingerprint density at radius 1 is 1.24 bits per heavy atom. The van der Waals surface area contributed by atoms with E-state index in [2.05, 4.69) is 19.9 Å². The smallest absolute Gasteiger partial charge is 0.194 e. The Morgan fingerprint density at radius 2 is 2.00 bits per heavy atom. The van der Waals surface area contributed by atoms with Crippen molar-refractivity contribution in [2.75, 3.05) is 0 Å². The topological polar surface area (TPSA) is 101 Å². The fourth-order valence-electron chi connectivity index (χ4n) is 1.15. The number of nitrogens with two attached hydrogens (primary N) is 1. The van der Waals surface area contributed by atoms with Crippen LogP contribution in [-0.4, -0.2) is 25.8 Å². The number of rotatable bonds is 3. The summed E-state index contributed by atoms with van der Waals surface area (Å²) in [6.45, 7) is 1.88. The van der Waals surface area contributed by atoms with Gasteiger partial charge in [0.25, 0.3) is 0 Å². The lowest BCUT2D eigenvalue weighted by Crippen LogP contribution is -2.15. The van der Waals surface area contributed by atoms with Crippen molar-refractivity contribution in [3.05, 3.63) is 36.0 Å². The third-order valence-corrected chi connectivity index (χ3v) is 2.75. The van der Waals surface area contributed by atoms with E-state index in [4.69, 9.17) is 11.1 Å². The van der Waals surface area contributed by atoms with Crippen molar-refractivity contribution < 1.29 is 0 Å². The molecule has 3 N–H and O–H groups in total. The molecule has 0 aromatic carbocycles. The molecule has 0 bridgehead atoms. The normalized spacial score (nSPS) is 10.2. The largest absolute Gasteiger partial charge is 0.382 e. The molecule has 6 nitrogen and oxygen atoms in total. The lowest BCUT2D eigenvalue weighted by Gasteiger charge is -2.04. The SMILES string of the molecule is Cc1ccnc(Sc2nccnc2C(=N)N)n1. The maximum Gasteiger partial charge on any atom is 0.194 e. The first kappa shape index (κ1) is 11.5. The molecule has 17 heavy (non-hydrogen) atoms. The fraction of sp³-hybridized carbons (Fsp3) is 0.100. The number of nitrogens with one attached hydrogen (secondary N) is 1. The maximum absolute atomic E-state index is 7.41. The van der Waals surface area contributed by atoms with Crippen molar-refractivity contribution in [2.45, 2.75) is 17.1 Å². The molecule has 0 saturated heterocycles. The summed E-state index contributed by atoms with van der Waals surface area (Å²) in [5.41, 5.74) is 6.65. The van der Waals surface area contributed by atoms with Gasteiger partial charge in [-0.15, -0.1) is 0 Å². The molecule has 0 amide bonds. The van der Waals surface area contributed by atoms with E-state index >= 15 is 0 Å². The molecule has 2 aromatic rings. The monoisotopic (exact) mass is 246 g/mol. The van der Waals surface area contributed by atoms with Crippen LogP contribution in [0.4, 0.5) is 0 Å². The molecule has 2 heterocycles. The second-order valence-electron chi connectivity index (χ2n) is 3.21. The van der Waals surface area contributed by atoms with E-state index in [1.54, 1.807) is 12.4 Å². The van der Waals surface area contributed by atoms with Crippen molar-refractivity contribution in [1.82, 2.24) is 19.9 Å². The van der Waals surface area contributed by atoms with Crippen molar-refractivity contribution in [1.29, 1.82) is 5.41 Å². The molecule has 0 spiro atoms. The summed E-state index contributed by atoms with van der Waals surface area (Å²) in [5, 5.41) is 8.50. The molecule has 0 atom stereocenters. The van der Waals surface area contributed by atoms with E-state index < -0.39 is 0 Å². The lowest BCUT2D eigenvalue weighted by atomic mass is 10.4. The first-order valence-corrected chi connectivity index (χ1v) is 5.61. The van der Waals surface area contributed by atoms with E-state index in [1.807, 2.05) is 13.0 Å². The number of nitrogens with zero attached hydrogens (tertiary/aromatic N) is 4. The number of aryl methyl sites for hydroxylation is 1. The van der Waals surface area contributed by atoms with Gasteiger partial charge in [-0.05, 0) is 24.8 Å². The van der Waals surface area contributed by atoms with Gasteiger partial charge >= 0.3 is 0 Å². The van der Waals surface area contributed by atoms with Crippen LogP contribution in [0.2, 0.25) is 0 Å². The van der Waals surface area contributed by atoms with Gasteiger partial charge in [-0.25, -0.2) is 19.9 Å². The van der Waals surface area contributed by atoms with Gasteiger partial charge in [0.1, 0.15) is 16.6 Å². The van der Waals surface area contributed by atoms with E-state index in [-0.39, 0.29) is 5.84 Å². The van der Waals surface area contributed by atoms with E-state index in [0.29, 0.717) is 15.9 Å². The number of amidine groups is 1. The Hall–Kier alpha value is -2.02. The first-order chi connectivity index (χ1) is 8.16. The second-order valence-corrected chi connectivity index (χ2v) is 4.16. The summed E-state index contributed by atoms with van der Waals surface area (Å²) < 4.78 is 0. The van der Waals surface area contributed by atoms with Gasteiger partial charge in [-0.3, -0.25) is 5.41 Å². The molecular formula is C10H10N6S. The molecule has 0 aliphatic carbocycles. The minimum Gasteiger partial charge on any atom is -0.382 e. The predicted octanol–water partition coefficient (Wildman–Crippen LogP) is 1.01. The Labute approximate surface area is 102 Å². The maximum atomic E-state index is 7.41. The summed E-state index contributed by atoms with van der Waals surface area (Å²) in [7, 11) is 0. The van der Waals surface area contributed by atoms with Gasteiger partial charge in [0.2, 0.25) is 0 Å². The third kappa shape index (κ3) is 2.76. The Balaban J connectivity index is 2.33. The third-order valence-electron chi connectivity index (χ3n) is 1.88. The molecule has 0 radical (unpaired) electrons.